The van der Waals surface area contributed by atoms with Crippen LogP contribution in [0.3, 0.4) is 0 Å². The average molecular weight is 344 g/mol. The summed E-state index contributed by atoms with van der Waals surface area (Å²) in [6.45, 7) is 6.05. The van der Waals surface area contributed by atoms with E-state index in [1.807, 2.05) is 43.3 Å². The number of allylic oxidation sites excluding steroid dienone is 1. The molecule has 6 nitrogen and oxygen atoms in total. The van der Waals surface area contributed by atoms with Gasteiger partial charge in [-0.3, -0.25) is 4.79 Å². The van der Waals surface area contributed by atoms with Gasteiger partial charge in [0.25, 0.3) is 5.91 Å². The molecule has 0 saturated heterocycles. The number of benzene rings is 2. The lowest BCUT2D eigenvalue weighted by Crippen LogP contribution is -2.25. The van der Waals surface area contributed by atoms with Gasteiger partial charge < -0.3 is 9.67 Å². The van der Waals surface area contributed by atoms with Gasteiger partial charge in [0, 0.05) is 17.1 Å². The fourth-order valence-corrected chi connectivity index (χ4v) is 3.15. The maximum Gasteiger partial charge on any atom is 0.298 e. The molecule has 3 aromatic rings. The molecule has 2 aromatic carbocycles. The minimum absolute atomic E-state index is 0.0118. The summed E-state index contributed by atoms with van der Waals surface area (Å²) in [5, 5.41) is 20.9. The molecule has 1 aromatic heterocycles. The summed E-state index contributed by atoms with van der Waals surface area (Å²) in [6.07, 6.45) is 1.69. The number of fused-ring (bicyclic) bond motifs is 2. The average Bonchev–Trinajstić information content (AvgIpc) is 3.10. The zero-order valence-electron chi connectivity index (χ0n) is 14.2. The highest BCUT2D eigenvalue weighted by molar-refractivity contribution is 6.14. The highest BCUT2D eigenvalue weighted by atomic mass is 16.3. The molecule has 0 fully saturated rings. The van der Waals surface area contributed by atoms with Gasteiger partial charge in [-0.15, -0.1) is 16.8 Å². The SMILES string of the molecule is C=CCn1c(O)c(N=NC2=c3cccc(C)c3=NC2=O)c2ccccc21. The van der Waals surface area contributed by atoms with Crippen molar-refractivity contribution in [1.82, 2.24) is 4.57 Å². The second-order valence-corrected chi connectivity index (χ2v) is 6.03. The van der Waals surface area contributed by atoms with Crippen molar-refractivity contribution in [2.24, 2.45) is 15.2 Å². The largest absolute Gasteiger partial charge is 0.493 e. The molecule has 0 radical (unpaired) electrons. The van der Waals surface area contributed by atoms with Crippen molar-refractivity contribution < 1.29 is 9.90 Å². The van der Waals surface area contributed by atoms with Crippen LogP contribution >= 0.6 is 0 Å². The van der Waals surface area contributed by atoms with E-state index in [4.69, 9.17) is 0 Å². The molecule has 0 spiro atoms. The van der Waals surface area contributed by atoms with E-state index < -0.39 is 5.91 Å². The molecule has 26 heavy (non-hydrogen) atoms. The van der Waals surface area contributed by atoms with Crippen molar-refractivity contribution >= 4 is 28.2 Å². The van der Waals surface area contributed by atoms with Crippen LogP contribution in [-0.4, -0.2) is 15.6 Å². The summed E-state index contributed by atoms with van der Waals surface area (Å²) in [5.41, 5.74) is 2.24. The number of rotatable bonds is 4. The summed E-state index contributed by atoms with van der Waals surface area (Å²) in [7, 11) is 0. The van der Waals surface area contributed by atoms with Crippen molar-refractivity contribution in [3.8, 4) is 5.88 Å². The molecule has 128 valence electrons. The number of amides is 1. The second-order valence-electron chi connectivity index (χ2n) is 6.03. The van der Waals surface area contributed by atoms with Crippen LogP contribution in [0.25, 0.3) is 16.6 Å². The molecule has 0 bridgehead atoms. The quantitative estimate of drug-likeness (QED) is 0.583. The van der Waals surface area contributed by atoms with Gasteiger partial charge in [0.2, 0.25) is 5.88 Å². The topological polar surface area (TPSA) is 79.3 Å². The number of carbonyl (C=O) groups is 1. The third-order valence-corrected chi connectivity index (χ3v) is 4.39. The molecule has 4 rings (SSSR count). The van der Waals surface area contributed by atoms with Crippen LogP contribution in [0.5, 0.6) is 5.88 Å². The first kappa shape index (κ1) is 16.0. The first-order chi connectivity index (χ1) is 12.6. The maximum atomic E-state index is 12.2. The molecule has 1 aliphatic rings. The van der Waals surface area contributed by atoms with Crippen LogP contribution in [0.1, 0.15) is 5.56 Å². The van der Waals surface area contributed by atoms with E-state index in [-0.39, 0.29) is 11.6 Å². The predicted octanol–water partition coefficient (Wildman–Crippen LogP) is 2.89. The van der Waals surface area contributed by atoms with E-state index >= 15 is 0 Å². The minimum atomic E-state index is -0.424. The molecule has 1 amide bonds. The first-order valence-electron chi connectivity index (χ1n) is 8.17. The number of azo groups is 1. The van der Waals surface area contributed by atoms with Gasteiger partial charge in [0.05, 0.1) is 10.9 Å². The number of hydrogen-bond donors (Lipinski definition) is 1. The van der Waals surface area contributed by atoms with Crippen LogP contribution < -0.4 is 10.6 Å². The van der Waals surface area contributed by atoms with Gasteiger partial charge in [-0.25, -0.2) is 4.99 Å². The molecular weight excluding hydrogens is 328 g/mol. The van der Waals surface area contributed by atoms with Crippen molar-refractivity contribution in [1.29, 1.82) is 0 Å². The molecule has 0 unspecified atom stereocenters. The Morgan fingerprint density at radius 1 is 1.19 bits per heavy atom. The fourth-order valence-electron chi connectivity index (χ4n) is 3.15. The molecule has 6 heteroatoms. The molecule has 1 N–H and O–H groups in total. The normalized spacial score (nSPS) is 13.4. The number of nitrogens with zero attached hydrogens (tertiary/aromatic N) is 4. The molecule has 0 saturated carbocycles. The number of hydrogen-bond acceptors (Lipinski definition) is 4. The van der Waals surface area contributed by atoms with Gasteiger partial charge in [-0.05, 0) is 18.6 Å². The van der Waals surface area contributed by atoms with Crippen LogP contribution in [-0.2, 0) is 11.3 Å². The lowest BCUT2D eigenvalue weighted by Gasteiger charge is -2.01. The Morgan fingerprint density at radius 3 is 2.81 bits per heavy atom. The Kier molecular flexibility index (Phi) is 3.73. The first-order valence-corrected chi connectivity index (χ1v) is 8.17. The zero-order chi connectivity index (χ0) is 18.3. The van der Waals surface area contributed by atoms with E-state index in [2.05, 4.69) is 21.8 Å². The fraction of sp³-hybridized carbons (Fsp3) is 0.100. The Morgan fingerprint density at radius 2 is 2.00 bits per heavy atom. The lowest BCUT2D eigenvalue weighted by molar-refractivity contribution is -0.112. The van der Waals surface area contributed by atoms with Crippen molar-refractivity contribution in [3.63, 3.8) is 0 Å². The Bertz CT molecular complexity index is 1220. The number of para-hydroxylation sites is 2. The van der Waals surface area contributed by atoms with Crippen LogP contribution in [0.2, 0.25) is 0 Å². The highest BCUT2D eigenvalue weighted by Crippen LogP contribution is 2.39. The standard InChI is InChI=1S/C20H16N4O2/c1-3-11-24-15-10-5-4-8-13(15)18(20(24)26)23-22-17-14-9-6-7-12(2)16(14)21-19(17)25/h3-10,26H,1,11H2,2H3. The summed E-state index contributed by atoms with van der Waals surface area (Å²) in [6, 6.07) is 13.0. The summed E-state index contributed by atoms with van der Waals surface area (Å²) < 4.78 is 1.69. The Hall–Kier alpha value is -3.54. The van der Waals surface area contributed by atoms with E-state index in [0.717, 1.165) is 16.5 Å². The molecule has 0 atom stereocenters. The predicted molar refractivity (Wildman–Crippen MR) is 98.7 cm³/mol. The van der Waals surface area contributed by atoms with Crippen molar-refractivity contribution in [3.05, 3.63) is 71.3 Å². The van der Waals surface area contributed by atoms with E-state index in [9.17, 15) is 9.90 Å². The van der Waals surface area contributed by atoms with Gasteiger partial charge in [0.1, 0.15) is 0 Å². The molecule has 1 aliphatic heterocycles. The minimum Gasteiger partial charge on any atom is -0.493 e. The summed E-state index contributed by atoms with van der Waals surface area (Å²) >= 11 is 0. The third kappa shape index (κ3) is 2.35. The van der Waals surface area contributed by atoms with Crippen LogP contribution in [0.4, 0.5) is 5.69 Å². The summed E-state index contributed by atoms with van der Waals surface area (Å²) in [4.78, 5) is 16.3. The van der Waals surface area contributed by atoms with Crippen LogP contribution in [0, 0.1) is 6.92 Å². The number of aromatic hydroxyl groups is 1. The molecule has 2 heterocycles. The van der Waals surface area contributed by atoms with Crippen LogP contribution in [0.15, 0.2) is 70.3 Å². The van der Waals surface area contributed by atoms with Gasteiger partial charge in [0.15, 0.2) is 11.4 Å². The molecule has 0 aliphatic carbocycles. The third-order valence-electron chi connectivity index (χ3n) is 4.39. The second kappa shape index (κ2) is 6.07. The van der Waals surface area contributed by atoms with Crippen molar-refractivity contribution in [2.75, 3.05) is 0 Å². The zero-order valence-corrected chi connectivity index (χ0v) is 14.2. The summed E-state index contributed by atoms with van der Waals surface area (Å²) in [5.74, 6) is -0.435. The molecular formula is C20H16N4O2. The number of aromatic nitrogens is 1. The van der Waals surface area contributed by atoms with Gasteiger partial charge in [-0.2, -0.15) is 0 Å². The number of carbonyl (C=O) groups excluding carboxylic acids is 1. The lowest BCUT2D eigenvalue weighted by atomic mass is 10.2. The van der Waals surface area contributed by atoms with E-state index in [1.54, 1.807) is 16.7 Å². The Balaban J connectivity index is 1.90. The monoisotopic (exact) mass is 344 g/mol. The van der Waals surface area contributed by atoms with Crippen molar-refractivity contribution in [2.45, 2.75) is 13.5 Å². The van der Waals surface area contributed by atoms with E-state index in [0.29, 0.717) is 22.8 Å². The van der Waals surface area contributed by atoms with Gasteiger partial charge >= 0.3 is 0 Å². The smallest absolute Gasteiger partial charge is 0.298 e. The highest BCUT2D eigenvalue weighted by Gasteiger charge is 2.19. The van der Waals surface area contributed by atoms with E-state index in [1.165, 1.54) is 0 Å². The van der Waals surface area contributed by atoms with Gasteiger partial charge in [-0.1, -0.05) is 42.5 Å². The maximum absolute atomic E-state index is 12.2. The Labute approximate surface area is 149 Å². The number of aryl methyl sites for hydroxylation is 1.